The second-order valence-corrected chi connectivity index (χ2v) is 3.92. The Morgan fingerprint density at radius 1 is 1.22 bits per heavy atom. The molecule has 2 aromatic heterocycles. The fraction of sp³-hybridized carbons (Fsp3) is 0. The standard InChI is InChI=1S/C10H7ClN6O/c11-6-1-2-8(7(12)5-6)18-10-4-3-9-13-15-16-17(9)14-10/h1-5H,12H2. The minimum atomic E-state index is 0.337. The lowest BCUT2D eigenvalue weighted by Crippen LogP contribution is -1.98. The number of benzene rings is 1. The second-order valence-electron chi connectivity index (χ2n) is 3.48. The van der Waals surface area contributed by atoms with Crippen molar-refractivity contribution >= 4 is 22.9 Å². The number of nitrogens with two attached hydrogens (primary N) is 1. The van der Waals surface area contributed by atoms with Gasteiger partial charge in [-0.25, -0.2) is 0 Å². The molecule has 0 aliphatic rings. The molecule has 0 fully saturated rings. The summed E-state index contributed by atoms with van der Waals surface area (Å²) in [5.74, 6) is 0.808. The Balaban J connectivity index is 1.95. The number of aromatic nitrogens is 5. The molecule has 0 amide bonds. The van der Waals surface area contributed by atoms with Crippen molar-refractivity contribution in [1.29, 1.82) is 0 Å². The first kappa shape index (κ1) is 10.7. The maximum absolute atomic E-state index is 5.80. The van der Waals surface area contributed by atoms with Gasteiger partial charge in [0.2, 0.25) is 5.88 Å². The van der Waals surface area contributed by atoms with E-state index in [2.05, 4.69) is 20.6 Å². The largest absolute Gasteiger partial charge is 0.435 e. The van der Waals surface area contributed by atoms with Crippen LogP contribution in [0.25, 0.3) is 5.65 Å². The van der Waals surface area contributed by atoms with Crippen molar-refractivity contribution in [1.82, 2.24) is 25.3 Å². The molecule has 0 atom stereocenters. The van der Waals surface area contributed by atoms with Gasteiger partial charge < -0.3 is 10.5 Å². The lowest BCUT2D eigenvalue weighted by atomic mass is 10.3. The number of ether oxygens (including phenoxy) is 1. The van der Waals surface area contributed by atoms with Gasteiger partial charge in [0.15, 0.2) is 11.4 Å². The highest BCUT2D eigenvalue weighted by atomic mass is 35.5. The highest BCUT2D eigenvalue weighted by molar-refractivity contribution is 6.30. The topological polar surface area (TPSA) is 91.2 Å². The molecule has 0 spiro atoms. The van der Waals surface area contributed by atoms with Crippen LogP contribution in [0.1, 0.15) is 0 Å². The van der Waals surface area contributed by atoms with E-state index >= 15 is 0 Å². The second kappa shape index (κ2) is 4.11. The van der Waals surface area contributed by atoms with Crippen molar-refractivity contribution in [2.75, 3.05) is 5.73 Å². The molecule has 0 unspecified atom stereocenters. The van der Waals surface area contributed by atoms with E-state index in [-0.39, 0.29) is 0 Å². The molecule has 0 bridgehead atoms. The summed E-state index contributed by atoms with van der Waals surface area (Å²) >= 11 is 5.80. The van der Waals surface area contributed by atoms with E-state index in [1.807, 2.05) is 0 Å². The van der Waals surface area contributed by atoms with Gasteiger partial charge in [-0.15, -0.1) is 14.8 Å². The fourth-order valence-corrected chi connectivity index (χ4v) is 1.59. The summed E-state index contributed by atoms with van der Waals surface area (Å²) < 4.78 is 6.80. The lowest BCUT2D eigenvalue weighted by molar-refractivity contribution is 0.449. The fourth-order valence-electron chi connectivity index (χ4n) is 1.41. The normalized spacial score (nSPS) is 10.7. The van der Waals surface area contributed by atoms with Crippen molar-refractivity contribution < 1.29 is 4.74 Å². The van der Waals surface area contributed by atoms with Crippen LogP contribution in [-0.4, -0.2) is 25.3 Å². The van der Waals surface area contributed by atoms with Gasteiger partial charge in [0, 0.05) is 11.1 Å². The zero-order valence-corrected chi connectivity index (χ0v) is 9.74. The van der Waals surface area contributed by atoms with Gasteiger partial charge in [0.1, 0.15) is 0 Å². The molecular weight excluding hydrogens is 256 g/mol. The van der Waals surface area contributed by atoms with Gasteiger partial charge in [-0.1, -0.05) is 11.6 Å². The molecule has 0 aliphatic carbocycles. The van der Waals surface area contributed by atoms with Crippen molar-refractivity contribution in [2.24, 2.45) is 0 Å². The first-order valence-electron chi connectivity index (χ1n) is 5.01. The number of hydrogen-bond acceptors (Lipinski definition) is 6. The van der Waals surface area contributed by atoms with E-state index in [1.54, 1.807) is 30.3 Å². The Bertz CT molecular complexity index is 712. The van der Waals surface area contributed by atoms with Crippen LogP contribution >= 0.6 is 11.6 Å². The molecule has 3 rings (SSSR count). The molecule has 90 valence electrons. The summed E-state index contributed by atoms with van der Waals surface area (Å²) in [5.41, 5.74) is 6.74. The summed E-state index contributed by atoms with van der Waals surface area (Å²) in [6.07, 6.45) is 0. The number of rotatable bonds is 2. The smallest absolute Gasteiger partial charge is 0.239 e. The molecule has 2 heterocycles. The van der Waals surface area contributed by atoms with Crippen LogP contribution in [0.5, 0.6) is 11.6 Å². The van der Waals surface area contributed by atoms with Gasteiger partial charge in [-0.05, 0) is 34.7 Å². The molecule has 3 aromatic rings. The quantitative estimate of drug-likeness (QED) is 0.705. The molecule has 1 aromatic carbocycles. The Morgan fingerprint density at radius 3 is 2.94 bits per heavy atom. The maximum Gasteiger partial charge on any atom is 0.239 e. The number of halogens is 1. The monoisotopic (exact) mass is 262 g/mol. The molecule has 0 saturated carbocycles. The minimum Gasteiger partial charge on any atom is -0.435 e. The van der Waals surface area contributed by atoms with Crippen LogP contribution in [-0.2, 0) is 0 Å². The highest BCUT2D eigenvalue weighted by Gasteiger charge is 2.06. The van der Waals surface area contributed by atoms with E-state index in [9.17, 15) is 0 Å². The lowest BCUT2D eigenvalue weighted by Gasteiger charge is -2.07. The van der Waals surface area contributed by atoms with E-state index in [1.165, 1.54) is 4.63 Å². The van der Waals surface area contributed by atoms with Crippen LogP contribution < -0.4 is 10.5 Å². The molecule has 8 heteroatoms. The van der Waals surface area contributed by atoms with Crippen molar-refractivity contribution in [3.05, 3.63) is 35.4 Å². The predicted octanol–water partition coefficient (Wildman–Crippen LogP) is 1.55. The van der Waals surface area contributed by atoms with Crippen molar-refractivity contribution in [3.63, 3.8) is 0 Å². The third-order valence-corrected chi connectivity index (χ3v) is 2.47. The highest BCUT2D eigenvalue weighted by Crippen LogP contribution is 2.28. The summed E-state index contributed by atoms with van der Waals surface area (Å²) in [6, 6.07) is 8.30. The number of tetrazole rings is 1. The Kier molecular flexibility index (Phi) is 2.45. The molecular formula is C10H7ClN6O. The number of nitrogens with zero attached hydrogens (tertiary/aromatic N) is 5. The Morgan fingerprint density at radius 2 is 2.11 bits per heavy atom. The minimum absolute atomic E-state index is 0.337. The summed E-state index contributed by atoms with van der Waals surface area (Å²) in [4.78, 5) is 0. The van der Waals surface area contributed by atoms with Crippen LogP contribution in [0.2, 0.25) is 5.02 Å². The summed E-state index contributed by atoms with van der Waals surface area (Å²) in [6.45, 7) is 0. The molecule has 18 heavy (non-hydrogen) atoms. The average molecular weight is 263 g/mol. The van der Waals surface area contributed by atoms with E-state index in [0.29, 0.717) is 28.0 Å². The van der Waals surface area contributed by atoms with Crippen molar-refractivity contribution in [3.8, 4) is 11.6 Å². The molecule has 0 radical (unpaired) electrons. The van der Waals surface area contributed by atoms with E-state index in [4.69, 9.17) is 22.1 Å². The number of hydrogen-bond donors (Lipinski definition) is 1. The molecule has 0 aliphatic heterocycles. The van der Waals surface area contributed by atoms with Gasteiger partial charge in [-0.3, -0.25) is 0 Å². The maximum atomic E-state index is 5.80. The van der Waals surface area contributed by atoms with Crippen LogP contribution in [0.4, 0.5) is 5.69 Å². The molecule has 2 N–H and O–H groups in total. The Labute approximate surface area is 106 Å². The number of anilines is 1. The molecule has 0 saturated heterocycles. The molecule has 7 nitrogen and oxygen atoms in total. The van der Waals surface area contributed by atoms with Gasteiger partial charge >= 0.3 is 0 Å². The van der Waals surface area contributed by atoms with Gasteiger partial charge in [0.25, 0.3) is 0 Å². The van der Waals surface area contributed by atoms with Gasteiger partial charge in [0.05, 0.1) is 5.69 Å². The third kappa shape index (κ3) is 1.91. The van der Waals surface area contributed by atoms with E-state index < -0.39 is 0 Å². The van der Waals surface area contributed by atoms with Crippen LogP contribution in [0, 0.1) is 0 Å². The number of nitrogen functional groups attached to an aromatic ring is 1. The Hall–Kier alpha value is -2.41. The summed E-state index contributed by atoms with van der Waals surface area (Å²) in [7, 11) is 0. The predicted molar refractivity (Wildman–Crippen MR) is 64.5 cm³/mol. The zero-order valence-electron chi connectivity index (χ0n) is 8.99. The van der Waals surface area contributed by atoms with Crippen LogP contribution in [0.15, 0.2) is 30.3 Å². The zero-order chi connectivity index (χ0) is 12.5. The van der Waals surface area contributed by atoms with Gasteiger partial charge in [-0.2, -0.15) is 0 Å². The summed E-state index contributed by atoms with van der Waals surface area (Å²) in [5, 5.41) is 15.5. The van der Waals surface area contributed by atoms with E-state index in [0.717, 1.165) is 0 Å². The van der Waals surface area contributed by atoms with Crippen molar-refractivity contribution in [2.45, 2.75) is 0 Å². The third-order valence-electron chi connectivity index (χ3n) is 2.23. The average Bonchev–Trinajstić information content (AvgIpc) is 2.80. The SMILES string of the molecule is Nc1cc(Cl)ccc1Oc1ccc2nnnn2n1. The number of fused-ring (bicyclic) bond motifs is 1. The first-order valence-corrected chi connectivity index (χ1v) is 5.38. The van der Waals surface area contributed by atoms with Crippen LogP contribution in [0.3, 0.4) is 0 Å². The first-order chi connectivity index (χ1) is 8.72.